The molecule has 124 valence electrons. The van der Waals surface area contributed by atoms with Gasteiger partial charge in [0.2, 0.25) is 11.5 Å². The molecule has 0 unspecified atom stereocenters. The number of ketones is 1. The highest BCUT2D eigenvalue weighted by atomic mass is 16.3. The summed E-state index contributed by atoms with van der Waals surface area (Å²) in [5.41, 5.74) is 5.88. The predicted octanol–water partition coefficient (Wildman–Crippen LogP) is 2.69. The van der Waals surface area contributed by atoms with E-state index in [1.165, 1.54) is 12.3 Å². The summed E-state index contributed by atoms with van der Waals surface area (Å²) < 4.78 is 10.6. The molecule has 0 radical (unpaired) electrons. The van der Waals surface area contributed by atoms with Crippen molar-refractivity contribution in [2.45, 2.75) is 6.42 Å². The number of allylic oxidation sites excluding steroid dienone is 1. The topological polar surface area (TPSA) is 98.5 Å². The van der Waals surface area contributed by atoms with Gasteiger partial charge in [-0.3, -0.25) is 15.0 Å². The maximum Gasteiger partial charge on any atom is 0.301 e. The number of amides is 1. The molecule has 0 fully saturated rings. The van der Waals surface area contributed by atoms with Crippen molar-refractivity contribution < 1.29 is 18.4 Å². The lowest BCUT2D eigenvalue weighted by atomic mass is 10.00. The minimum Gasteiger partial charge on any atom is -0.460 e. The molecule has 0 bridgehead atoms. The third-order valence-electron chi connectivity index (χ3n) is 4.23. The van der Waals surface area contributed by atoms with Gasteiger partial charge in [0.25, 0.3) is 0 Å². The lowest BCUT2D eigenvalue weighted by Gasteiger charge is -2.01. The van der Waals surface area contributed by atoms with Crippen molar-refractivity contribution in [3.05, 3.63) is 88.8 Å². The van der Waals surface area contributed by atoms with Crippen molar-refractivity contribution in [1.29, 1.82) is 0 Å². The van der Waals surface area contributed by atoms with Gasteiger partial charge < -0.3 is 8.83 Å². The van der Waals surface area contributed by atoms with Gasteiger partial charge in [0.05, 0.1) is 18.1 Å². The highest BCUT2D eigenvalue weighted by Gasteiger charge is 2.30. The van der Waals surface area contributed by atoms with Gasteiger partial charge in [-0.05, 0) is 23.6 Å². The number of rotatable bonds is 4. The summed E-state index contributed by atoms with van der Waals surface area (Å²) in [5, 5.41) is 0. The van der Waals surface area contributed by atoms with E-state index in [1.54, 1.807) is 6.26 Å². The van der Waals surface area contributed by atoms with E-state index in [-0.39, 0.29) is 17.1 Å². The Morgan fingerprint density at radius 3 is 2.60 bits per heavy atom. The lowest BCUT2D eigenvalue weighted by Crippen LogP contribution is -2.30. The fourth-order valence-electron chi connectivity index (χ4n) is 3.06. The van der Waals surface area contributed by atoms with E-state index < -0.39 is 11.7 Å². The van der Waals surface area contributed by atoms with E-state index in [0.29, 0.717) is 6.42 Å². The van der Waals surface area contributed by atoms with Gasteiger partial charge in [0.1, 0.15) is 0 Å². The molecule has 3 N–H and O–H groups in total. The molecule has 0 saturated carbocycles. The number of nitrogen functional groups attached to an aromatic ring is 1. The molecule has 1 aliphatic carbocycles. The van der Waals surface area contributed by atoms with Crippen molar-refractivity contribution in [2.24, 2.45) is 5.84 Å². The Bertz CT molecular complexity index is 996. The number of hydrazine groups is 1. The normalized spacial score (nSPS) is 12.6. The first-order valence-electron chi connectivity index (χ1n) is 7.70. The number of hydrogen-bond acceptors (Lipinski definition) is 5. The molecule has 2 aromatic heterocycles. The van der Waals surface area contributed by atoms with Gasteiger partial charge in [0.15, 0.2) is 5.76 Å². The quantitative estimate of drug-likeness (QED) is 0.331. The van der Waals surface area contributed by atoms with Crippen LogP contribution in [0.1, 0.15) is 43.4 Å². The van der Waals surface area contributed by atoms with Crippen molar-refractivity contribution in [3.8, 4) is 0 Å². The van der Waals surface area contributed by atoms with Crippen LogP contribution in [0.15, 0.2) is 63.8 Å². The number of hydrogen-bond donors (Lipinski definition) is 2. The Hall–Kier alpha value is -3.38. The summed E-state index contributed by atoms with van der Waals surface area (Å²) in [4.78, 5) is 24.5. The zero-order valence-electron chi connectivity index (χ0n) is 13.1. The van der Waals surface area contributed by atoms with Gasteiger partial charge in [-0.1, -0.05) is 36.4 Å². The smallest absolute Gasteiger partial charge is 0.301 e. The Morgan fingerprint density at radius 2 is 1.84 bits per heavy atom. The molecule has 1 aliphatic rings. The highest BCUT2D eigenvalue weighted by Crippen LogP contribution is 2.36. The molecule has 0 saturated heterocycles. The first-order chi connectivity index (χ1) is 12.2. The molecule has 3 aromatic rings. The zero-order valence-corrected chi connectivity index (χ0v) is 13.1. The van der Waals surface area contributed by atoms with E-state index in [9.17, 15) is 9.59 Å². The van der Waals surface area contributed by atoms with E-state index in [1.807, 2.05) is 35.8 Å². The minimum absolute atomic E-state index is 0.119. The minimum atomic E-state index is -0.667. The Balaban J connectivity index is 1.71. The van der Waals surface area contributed by atoms with E-state index in [4.69, 9.17) is 14.7 Å². The van der Waals surface area contributed by atoms with Crippen LogP contribution >= 0.6 is 0 Å². The van der Waals surface area contributed by atoms with Gasteiger partial charge in [0, 0.05) is 11.1 Å². The first kappa shape index (κ1) is 15.2. The number of benzene rings is 1. The summed E-state index contributed by atoms with van der Waals surface area (Å²) in [7, 11) is 0. The molecule has 6 nitrogen and oxygen atoms in total. The second-order valence-electron chi connectivity index (χ2n) is 5.61. The SMILES string of the molecule is NNC(=O)c1occc1C(=O)c1occ2c1CC=C2c1ccccc1. The largest absolute Gasteiger partial charge is 0.460 e. The van der Waals surface area contributed by atoms with Gasteiger partial charge in [-0.25, -0.2) is 5.84 Å². The molecule has 0 aliphatic heterocycles. The van der Waals surface area contributed by atoms with Crippen molar-refractivity contribution in [3.63, 3.8) is 0 Å². The van der Waals surface area contributed by atoms with Crippen LogP contribution in [0.4, 0.5) is 0 Å². The van der Waals surface area contributed by atoms with E-state index in [2.05, 4.69) is 6.08 Å². The molecule has 1 aromatic carbocycles. The third-order valence-corrected chi connectivity index (χ3v) is 4.23. The molecule has 1 amide bonds. The number of carbonyl (C=O) groups excluding carboxylic acids is 2. The number of carbonyl (C=O) groups is 2. The second-order valence-corrected chi connectivity index (χ2v) is 5.61. The van der Waals surface area contributed by atoms with Crippen LogP contribution in [0, 0.1) is 0 Å². The standard InChI is InChI=1S/C19H14N2O4/c20-21-19(23)18-14(8-9-24-18)16(22)17-13-7-6-12(15(13)10-25-17)11-4-2-1-3-5-11/h1-6,8-10H,7,20H2,(H,21,23). The number of nitrogens with one attached hydrogen (secondary N) is 1. The molecule has 2 heterocycles. The summed E-state index contributed by atoms with van der Waals surface area (Å²) in [5.74, 6) is 4.13. The third kappa shape index (κ3) is 2.40. The predicted molar refractivity (Wildman–Crippen MR) is 89.7 cm³/mol. The molecule has 4 rings (SSSR count). The number of fused-ring (bicyclic) bond motifs is 1. The monoisotopic (exact) mass is 334 g/mol. The maximum atomic E-state index is 12.8. The van der Waals surface area contributed by atoms with Crippen LogP contribution in [-0.4, -0.2) is 11.7 Å². The van der Waals surface area contributed by atoms with Crippen molar-refractivity contribution in [2.75, 3.05) is 0 Å². The van der Waals surface area contributed by atoms with Crippen molar-refractivity contribution >= 4 is 17.3 Å². The molecule has 6 heteroatoms. The maximum absolute atomic E-state index is 12.8. The van der Waals surface area contributed by atoms with Crippen LogP contribution < -0.4 is 11.3 Å². The molecule has 0 atom stereocenters. The van der Waals surface area contributed by atoms with Crippen LogP contribution in [0.2, 0.25) is 0 Å². The Labute approximate surface area is 142 Å². The zero-order chi connectivity index (χ0) is 17.4. The van der Waals surface area contributed by atoms with E-state index in [0.717, 1.165) is 22.3 Å². The summed E-state index contributed by atoms with van der Waals surface area (Å²) >= 11 is 0. The van der Waals surface area contributed by atoms with Gasteiger partial charge >= 0.3 is 5.91 Å². The highest BCUT2D eigenvalue weighted by molar-refractivity contribution is 6.14. The van der Waals surface area contributed by atoms with E-state index >= 15 is 0 Å². The average molecular weight is 334 g/mol. The molecule has 25 heavy (non-hydrogen) atoms. The summed E-state index contributed by atoms with van der Waals surface area (Å²) in [6.45, 7) is 0. The van der Waals surface area contributed by atoms with Crippen molar-refractivity contribution in [1.82, 2.24) is 5.43 Å². The molecule has 0 spiro atoms. The lowest BCUT2D eigenvalue weighted by molar-refractivity contribution is 0.0912. The first-order valence-corrected chi connectivity index (χ1v) is 7.70. The van der Waals surface area contributed by atoms with Crippen LogP contribution in [0.25, 0.3) is 5.57 Å². The van der Waals surface area contributed by atoms with Crippen LogP contribution in [-0.2, 0) is 6.42 Å². The molecular formula is C19H14N2O4. The summed E-state index contributed by atoms with van der Waals surface area (Å²) in [6, 6.07) is 11.3. The number of nitrogens with two attached hydrogens (primary N) is 1. The Morgan fingerprint density at radius 1 is 1.04 bits per heavy atom. The second kappa shape index (κ2) is 5.92. The Kier molecular flexibility index (Phi) is 3.59. The average Bonchev–Trinajstić information content (AvgIpc) is 3.36. The van der Waals surface area contributed by atoms with Gasteiger partial charge in [-0.15, -0.1) is 0 Å². The van der Waals surface area contributed by atoms with Crippen LogP contribution in [0.3, 0.4) is 0 Å². The van der Waals surface area contributed by atoms with Crippen LogP contribution in [0.5, 0.6) is 0 Å². The molecular weight excluding hydrogens is 320 g/mol. The summed E-state index contributed by atoms with van der Waals surface area (Å²) in [6.07, 6.45) is 5.51. The fourth-order valence-corrected chi connectivity index (χ4v) is 3.06. The van der Waals surface area contributed by atoms with Gasteiger partial charge in [-0.2, -0.15) is 0 Å². The number of furan rings is 2. The fraction of sp³-hybridized carbons (Fsp3) is 0.0526.